The molecule has 0 radical (unpaired) electrons. The maximum absolute atomic E-state index is 13.4. The fourth-order valence-corrected chi connectivity index (χ4v) is 3.96. The molecule has 20 heavy (non-hydrogen) atoms. The van der Waals surface area contributed by atoms with E-state index in [1.54, 1.807) is 13.0 Å². The second-order valence-corrected chi connectivity index (χ2v) is 5.94. The second-order valence-electron chi connectivity index (χ2n) is 5.94. The zero-order valence-corrected chi connectivity index (χ0v) is 11.0. The van der Waals surface area contributed by atoms with Gasteiger partial charge in [0, 0.05) is 0 Å². The molecule has 3 nitrogen and oxygen atoms in total. The maximum Gasteiger partial charge on any atom is 0.238 e. The zero-order chi connectivity index (χ0) is 14.0. The molecule has 102 valence electrons. The Kier molecular flexibility index (Phi) is 2.23. The number of anilines is 1. The Morgan fingerprint density at radius 3 is 2.30 bits per heavy atom. The number of aryl methyl sites for hydroxylation is 1. The van der Waals surface area contributed by atoms with Crippen LogP contribution in [0, 0.1) is 36.4 Å². The molecule has 1 saturated carbocycles. The van der Waals surface area contributed by atoms with E-state index in [2.05, 4.69) is 12.2 Å². The summed E-state index contributed by atoms with van der Waals surface area (Å²) < 4.78 is 13.4. The predicted molar refractivity (Wildman–Crippen MR) is 71.3 cm³/mol. The van der Waals surface area contributed by atoms with Crippen molar-refractivity contribution in [1.29, 1.82) is 0 Å². The lowest BCUT2D eigenvalue weighted by atomic mass is 9.85. The predicted octanol–water partition coefficient (Wildman–Crippen LogP) is 2.45. The summed E-state index contributed by atoms with van der Waals surface area (Å²) in [6, 6.07) is 4.23. The molecule has 1 saturated heterocycles. The molecule has 2 bridgehead atoms. The van der Waals surface area contributed by atoms with Crippen LogP contribution in [0.25, 0.3) is 0 Å². The van der Waals surface area contributed by atoms with Crippen LogP contribution in [-0.2, 0) is 9.59 Å². The number of rotatable bonds is 1. The number of carbonyl (C=O) groups is 2. The largest absolute Gasteiger partial charge is 0.274 e. The van der Waals surface area contributed by atoms with Gasteiger partial charge < -0.3 is 0 Å². The van der Waals surface area contributed by atoms with E-state index in [1.165, 1.54) is 17.0 Å². The first-order chi connectivity index (χ1) is 9.58. The average Bonchev–Trinajstić information content (AvgIpc) is 3.08. The number of benzene rings is 1. The molecule has 2 fully saturated rings. The van der Waals surface area contributed by atoms with E-state index in [0.29, 0.717) is 5.69 Å². The van der Waals surface area contributed by atoms with Gasteiger partial charge in [0.1, 0.15) is 5.82 Å². The van der Waals surface area contributed by atoms with Crippen molar-refractivity contribution in [1.82, 2.24) is 0 Å². The minimum atomic E-state index is -0.427. The van der Waals surface area contributed by atoms with Gasteiger partial charge in [0.15, 0.2) is 0 Å². The Bertz CT molecular complexity index is 636. The van der Waals surface area contributed by atoms with Gasteiger partial charge in [-0.3, -0.25) is 9.59 Å². The molecule has 0 aromatic heterocycles. The molecule has 2 aliphatic carbocycles. The van der Waals surface area contributed by atoms with Gasteiger partial charge in [0.2, 0.25) is 11.8 Å². The van der Waals surface area contributed by atoms with Crippen molar-refractivity contribution >= 4 is 17.5 Å². The van der Waals surface area contributed by atoms with Crippen molar-refractivity contribution < 1.29 is 14.0 Å². The Balaban J connectivity index is 1.80. The minimum absolute atomic E-state index is 0.162. The molecule has 4 heteroatoms. The third kappa shape index (κ3) is 1.34. The summed E-state index contributed by atoms with van der Waals surface area (Å²) in [5.41, 5.74) is 1.14. The third-order valence-corrected chi connectivity index (χ3v) is 4.88. The molecule has 0 unspecified atom stereocenters. The quantitative estimate of drug-likeness (QED) is 0.581. The summed E-state index contributed by atoms with van der Waals surface area (Å²) in [5, 5.41) is 0. The van der Waals surface area contributed by atoms with Crippen LogP contribution in [-0.4, -0.2) is 11.8 Å². The van der Waals surface area contributed by atoms with Gasteiger partial charge >= 0.3 is 0 Å². The lowest BCUT2D eigenvalue weighted by molar-refractivity contribution is -0.123. The van der Waals surface area contributed by atoms with Crippen molar-refractivity contribution in [3.63, 3.8) is 0 Å². The van der Waals surface area contributed by atoms with Crippen LogP contribution >= 0.6 is 0 Å². The summed E-state index contributed by atoms with van der Waals surface area (Å²) in [7, 11) is 0. The minimum Gasteiger partial charge on any atom is -0.274 e. The van der Waals surface area contributed by atoms with Crippen LogP contribution in [0.2, 0.25) is 0 Å². The lowest BCUT2D eigenvalue weighted by Gasteiger charge is -2.19. The van der Waals surface area contributed by atoms with Crippen molar-refractivity contribution in [2.24, 2.45) is 23.7 Å². The van der Waals surface area contributed by atoms with Crippen molar-refractivity contribution in [2.75, 3.05) is 4.90 Å². The Labute approximate surface area is 116 Å². The number of imide groups is 1. The second kappa shape index (κ2) is 3.78. The highest BCUT2D eigenvalue weighted by Crippen LogP contribution is 2.53. The monoisotopic (exact) mass is 271 g/mol. The maximum atomic E-state index is 13.4. The first kappa shape index (κ1) is 11.8. The van der Waals surface area contributed by atoms with E-state index >= 15 is 0 Å². The number of fused-ring (bicyclic) bond motifs is 5. The topological polar surface area (TPSA) is 37.4 Å². The lowest BCUT2D eigenvalue weighted by Crippen LogP contribution is -2.33. The van der Waals surface area contributed by atoms with Crippen LogP contribution in [0.4, 0.5) is 10.1 Å². The van der Waals surface area contributed by atoms with Crippen molar-refractivity contribution in [3.05, 3.63) is 41.7 Å². The normalized spacial score (nSPS) is 34.2. The summed E-state index contributed by atoms with van der Waals surface area (Å²) >= 11 is 0. The van der Waals surface area contributed by atoms with Crippen molar-refractivity contribution in [2.45, 2.75) is 13.3 Å². The Morgan fingerprint density at radius 1 is 1.10 bits per heavy atom. The zero-order valence-electron chi connectivity index (χ0n) is 11.0. The van der Waals surface area contributed by atoms with E-state index in [1.807, 2.05) is 0 Å². The number of allylic oxidation sites excluding steroid dienone is 2. The summed E-state index contributed by atoms with van der Waals surface area (Å²) in [6.07, 6.45) is 5.01. The Hall–Kier alpha value is -1.97. The summed E-state index contributed by atoms with van der Waals surface area (Å²) in [6.45, 7) is 1.79. The highest BCUT2D eigenvalue weighted by Gasteiger charge is 2.59. The van der Waals surface area contributed by atoms with E-state index in [9.17, 15) is 14.0 Å². The number of halogens is 1. The molecular weight excluding hydrogens is 257 g/mol. The fourth-order valence-electron chi connectivity index (χ4n) is 3.96. The van der Waals surface area contributed by atoms with Crippen LogP contribution in [0.1, 0.15) is 12.0 Å². The van der Waals surface area contributed by atoms with Crippen LogP contribution < -0.4 is 4.90 Å². The molecule has 0 spiro atoms. The number of nitrogens with zero attached hydrogens (tertiary/aromatic N) is 1. The summed E-state index contributed by atoms with van der Waals surface area (Å²) in [4.78, 5) is 26.4. The number of hydrogen-bond acceptors (Lipinski definition) is 2. The van der Waals surface area contributed by atoms with Gasteiger partial charge in [-0.1, -0.05) is 18.2 Å². The van der Waals surface area contributed by atoms with Crippen LogP contribution in [0.3, 0.4) is 0 Å². The Morgan fingerprint density at radius 2 is 1.70 bits per heavy atom. The number of amides is 2. The first-order valence-corrected chi connectivity index (χ1v) is 6.90. The molecule has 4 atom stereocenters. The molecule has 1 aromatic carbocycles. The summed E-state index contributed by atoms with van der Waals surface area (Å²) in [5.74, 6) is -0.860. The van der Waals surface area contributed by atoms with Gasteiger partial charge in [0.25, 0.3) is 0 Å². The van der Waals surface area contributed by atoms with Gasteiger partial charge in [0.05, 0.1) is 17.5 Å². The van der Waals surface area contributed by atoms with E-state index < -0.39 is 5.82 Å². The molecule has 1 aliphatic heterocycles. The molecular formula is C16H14FNO2. The van der Waals surface area contributed by atoms with Crippen LogP contribution in [0.5, 0.6) is 0 Å². The standard InChI is InChI=1S/C16H14FNO2/c1-8-2-5-11(17)7-12(8)18-15(19)13-9-3-4-10(6-9)14(13)16(18)20/h2-5,7,9-10,13-14H,6H2,1H3/t9-,10-,13+,14+/m0/s1. The smallest absolute Gasteiger partial charge is 0.238 e. The highest BCUT2D eigenvalue weighted by molar-refractivity contribution is 6.23. The van der Waals surface area contributed by atoms with Gasteiger partial charge in [-0.05, 0) is 42.9 Å². The van der Waals surface area contributed by atoms with E-state index in [0.717, 1.165) is 12.0 Å². The van der Waals surface area contributed by atoms with E-state index in [-0.39, 0.29) is 35.5 Å². The molecule has 1 heterocycles. The third-order valence-electron chi connectivity index (χ3n) is 4.88. The van der Waals surface area contributed by atoms with Crippen molar-refractivity contribution in [3.8, 4) is 0 Å². The SMILES string of the molecule is Cc1ccc(F)cc1N1C(=O)[C@H]2[C@H](C1=O)[C@H]1C=C[C@H]2C1. The van der Waals surface area contributed by atoms with E-state index in [4.69, 9.17) is 0 Å². The molecule has 4 rings (SSSR count). The van der Waals surface area contributed by atoms with Gasteiger partial charge in [-0.2, -0.15) is 0 Å². The first-order valence-electron chi connectivity index (χ1n) is 6.90. The molecule has 2 amide bonds. The average molecular weight is 271 g/mol. The van der Waals surface area contributed by atoms with Gasteiger partial charge in [-0.25, -0.2) is 9.29 Å². The fraction of sp³-hybridized carbons (Fsp3) is 0.375. The van der Waals surface area contributed by atoms with Crippen LogP contribution in [0.15, 0.2) is 30.4 Å². The molecule has 0 N–H and O–H groups in total. The number of carbonyl (C=O) groups excluding carboxylic acids is 2. The highest BCUT2D eigenvalue weighted by atomic mass is 19.1. The molecule has 1 aromatic rings. The number of hydrogen-bond donors (Lipinski definition) is 0. The molecule has 3 aliphatic rings. The van der Waals surface area contributed by atoms with Gasteiger partial charge in [-0.15, -0.1) is 0 Å².